The van der Waals surface area contributed by atoms with Gasteiger partial charge in [-0.2, -0.15) is 0 Å². The van der Waals surface area contributed by atoms with E-state index in [1.54, 1.807) is 25.4 Å². The summed E-state index contributed by atoms with van der Waals surface area (Å²) in [4.78, 5) is 4.19. The second kappa shape index (κ2) is 11.3. The van der Waals surface area contributed by atoms with E-state index >= 15 is 0 Å². The highest BCUT2D eigenvalue weighted by Gasteiger charge is 2.37. The zero-order valence-corrected chi connectivity index (χ0v) is 23.8. The summed E-state index contributed by atoms with van der Waals surface area (Å²) >= 11 is 0. The van der Waals surface area contributed by atoms with Gasteiger partial charge in [0.2, 0.25) is 0 Å². The first-order valence-electron chi connectivity index (χ1n) is 12.7. The summed E-state index contributed by atoms with van der Waals surface area (Å²) in [5.41, 5.74) is 3.91. The third-order valence-electron chi connectivity index (χ3n) is 6.77. The number of aliphatic imine (C=N–C) groups is 1. The molecule has 2 rings (SSSR count). The van der Waals surface area contributed by atoms with Crippen molar-refractivity contribution in [3.05, 3.63) is 58.4 Å². The van der Waals surface area contributed by atoms with Crippen LogP contribution >= 0.6 is 8.58 Å². The van der Waals surface area contributed by atoms with Gasteiger partial charge in [0.05, 0.1) is 0 Å². The molecule has 0 aliphatic carbocycles. The summed E-state index contributed by atoms with van der Waals surface area (Å²) < 4.78 is 14.1. The number of aromatic hydroxyl groups is 1. The molecule has 34 heavy (non-hydrogen) atoms. The standard InChI is InChI=1S/C30H45FNOP/c1-10-12-13-16-30(11-2,34-26-15-14-23(31)17-21(26)20-32-9)25-19-22(28(3,4)5)18-24(27(25)33)29(6,7)8/h14-15,17-20,33-34H,10-13,16H2,1-9H3. The minimum atomic E-state index is -0.246. The number of nitrogens with zero attached hydrogens (tertiary/aromatic N) is 1. The summed E-state index contributed by atoms with van der Waals surface area (Å²) in [5.74, 6) is 0.184. The van der Waals surface area contributed by atoms with Crippen LogP contribution in [0.15, 0.2) is 35.3 Å². The third-order valence-corrected chi connectivity index (χ3v) is 8.84. The van der Waals surface area contributed by atoms with Crippen molar-refractivity contribution in [2.24, 2.45) is 4.99 Å². The highest BCUT2D eigenvalue weighted by Crippen LogP contribution is 2.53. The molecule has 0 fully saturated rings. The van der Waals surface area contributed by atoms with Crippen LogP contribution in [-0.2, 0) is 16.0 Å². The van der Waals surface area contributed by atoms with Crippen LogP contribution in [0.4, 0.5) is 4.39 Å². The van der Waals surface area contributed by atoms with Gasteiger partial charge in [-0.1, -0.05) is 101 Å². The minimum Gasteiger partial charge on any atom is -0.507 e. The van der Waals surface area contributed by atoms with Gasteiger partial charge in [-0.15, -0.1) is 0 Å². The van der Waals surface area contributed by atoms with Crippen molar-refractivity contribution in [2.75, 3.05) is 7.05 Å². The molecule has 0 spiro atoms. The topological polar surface area (TPSA) is 32.6 Å². The first-order chi connectivity index (χ1) is 15.8. The molecule has 0 aliphatic heterocycles. The molecule has 4 heteroatoms. The van der Waals surface area contributed by atoms with Gasteiger partial charge >= 0.3 is 0 Å². The number of phenolic OH excluding ortho intramolecular Hbond substituents is 1. The van der Waals surface area contributed by atoms with E-state index in [2.05, 4.69) is 72.5 Å². The van der Waals surface area contributed by atoms with Gasteiger partial charge in [0, 0.05) is 29.5 Å². The van der Waals surface area contributed by atoms with E-state index in [0.29, 0.717) is 14.3 Å². The van der Waals surface area contributed by atoms with E-state index in [-0.39, 0.29) is 21.8 Å². The summed E-state index contributed by atoms with van der Waals surface area (Å²) in [6.45, 7) is 17.7. The summed E-state index contributed by atoms with van der Waals surface area (Å²) in [6, 6.07) is 9.48. The molecule has 1 N–H and O–H groups in total. The first kappa shape index (κ1) is 28.5. The molecule has 0 saturated heterocycles. The lowest BCUT2D eigenvalue weighted by atomic mass is 9.76. The molecule has 2 nitrogen and oxygen atoms in total. The molecule has 2 aromatic rings. The van der Waals surface area contributed by atoms with Gasteiger partial charge in [0.15, 0.2) is 0 Å². The third kappa shape index (κ3) is 6.69. The van der Waals surface area contributed by atoms with Gasteiger partial charge in [-0.25, -0.2) is 4.39 Å². The van der Waals surface area contributed by atoms with Crippen molar-refractivity contribution in [3.8, 4) is 5.75 Å². The first-order valence-corrected chi connectivity index (χ1v) is 13.7. The van der Waals surface area contributed by atoms with Gasteiger partial charge in [-0.05, 0) is 52.2 Å². The zero-order chi connectivity index (χ0) is 25.7. The highest BCUT2D eigenvalue weighted by atomic mass is 31.1. The van der Waals surface area contributed by atoms with Crippen LogP contribution in [0.3, 0.4) is 0 Å². The van der Waals surface area contributed by atoms with E-state index < -0.39 is 0 Å². The molecule has 2 unspecified atom stereocenters. The normalized spacial score (nSPS) is 14.9. The SMILES string of the molecule is CCCCCC(CC)(Pc1ccc(F)cc1C=NC)c1cc(C(C)(C)C)cc(C(C)(C)C)c1O. The van der Waals surface area contributed by atoms with Gasteiger partial charge in [0.1, 0.15) is 11.6 Å². The fourth-order valence-electron chi connectivity index (χ4n) is 4.55. The Morgan fingerprint density at radius 1 is 0.941 bits per heavy atom. The fraction of sp³-hybridized carbons (Fsp3) is 0.567. The molecule has 0 aliphatic rings. The average Bonchev–Trinajstić information content (AvgIpc) is 2.73. The van der Waals surface area contributed by atoms with Gasteiger partial charge in [-0.3, -0.25) is 4.99 Å². The van der Waals surface area contributed by atoms with Crippen molar-refractivity contribution in [1.82, 2.24) is 0 Å². The predicted molar refractivity (Wildman–Crippen MR) is 149 cm³/mol. The summed E-state index contributed by atoms with van der Waals surface area (Å²) in [7, 11) is 2.12. The lowest BCUT2D eigenvalue weighted by molar-refractivity contribution is 0.415. The number of unbranched alkanes of at least 4 members (excludes halogenated alkanes) is 2. The van der Waals surface area contributed by atoms with Crippen molar-refractivity contribution in [3.63, 3.8) is 0 Å². The summed E-state index contributed by atoms with van der Waals surface area (Å²) in [5, 5.41) is 12.6. The molecule has 0 radical (unpaired) electrons. The Kier molecular flexibility index (Phi) is 9.51. The Morgan fingerprint density at radius 3 is 2.12 bits per heavy atom. The van der Waals surface area contributed by atoms with Crippen LogP contribution in [0.1, 0.15) is 110 Å². The van der Waals surface area contributed by atoms with E-state index in [9.17, 15) is 9.50 Å². The number of hydrogen-bond acceptors (Lipinski definition) is 2. The van der Waals surface area contributed by atoms with E-state index in [4.69, 9.17) is 0 Å². The van der Waals surface area contributed by atoms with E-state index in [0.717, 1.165) is 54.1 Å². The number of halogens is 1. The van der Waals surface area contributed by atoms with Crippen molar-refractivity contribution >= 4 is 20.1 Å². The maximum absolute atomic E-state index is 14.1. The molecule has 188 valence electrons. The largest absolute Gasteiger partial charge is 0.507 e. The van der Waals surface area contributed by atoms with Crippen molar-refractivity contribution < 1.29 is 9.50 Å². The number of hydrogen-bond donors (Lipinski definition) is 1. The highest BCUT2D eigenvalue weighted by molar-refractivity contribution is 7.48. The van der Waals surface area contributed by atoms with Crippen LogP contribution in [0.25, 0.3) is 0 Å². The monoisotopic (exact) mass is 485 g/mol. The molecule has 0 aromatic heterocycles. The molecular weight excluding hydrogens is 440 g/mol. The lowest BCUT2D eigenvalue weighted by Crippen LogP contribution is -2.27. The Bertz CT molecular complexity index is 1000. The summed E-state index contributed by atoms with van der Waals surface area (Å²) in [6.07, 6.45) is 7.05. The van der Waals surface area contributed by atoms with Crippen molar-refractivity contribution in [1.29, 1.82) is 0 Å². The number of phenols is 1. The van der Waals surface area contributed by atoms with Crippen molar-refractivity contribution in [2.45, 2.75) is 103 Å². The molecule has 2 atom stereocenters. The van der Waals surface area contributed by atoms with Crippen LogP contribution in [-0.4, -0.2) is 18.4 Å². The van der Waals surface area contributed by atoms with Crippen LogP contribution in [0, 0.1) is 5.82 Å². The molecule has 2 aromatic carbocycles. The molecule has 0 amide bonds. The van der Waals surface area contributed by atoms with Crippen LogP contribution in [0.2, 0.25) is 0 Å². The Balaban J connectivity index is 2.83. The molecule has 0 bridgehead atoms. The van der Waals surface area contributed by atoms with E-state index in [1.165, 1.54) is 5.56 Å². The molecule has 0 heterocycles. The minimum absolute atomic E-state index is 0.0373. The molecule has 0 saturated carbocycles. The van der Waals surface area contributed by atoms with Gasteiger partial charge in [0.25, 0.3) is 0 Å². The Labute approximate surface area is 209 Å². The Morgan fingerprint density at radius 2 is 1.59 bits per heavy atom. The lowest BCUT2D eigenvalue weighted by Gasteiger charge is -2.38. The zero-order valence-electron chi connectivity index (χ0n) is 22.8. The van der Waals surface area contributed by atoms with E-state index in [1.807, 2.05) is 6.07 Å². The van der Waals surface area contributed by atoms with Gasteiger partial charge < -0.3 is 5.11 Å². The smallest absolute Gasteiger partial charge is 0.123 e. The average molecular weight is 486 g/mol. The number of rotatable bonds is 9. The predicted octanol–water partition coefficient (Wildman–Crippen LogP) is 8.36. The second-order valence-electron chi connectivity index (χ2n) is 11.6. The fourth-order valence-corrected chi connectivity index (χ4v) is 6.32. The Hall–Kier alpha value is -1.73. The maximum atomic E-state index is 14.1. The second-order valence-corrected chi connectivity index (χ2v) is 13.3. The quantitative estimate of drug-likeness (QED) is 0.216. The number of benzene rings is 2. The molecular formula is C30H45FNOP. The van der Waals surface area contributed by atoms with Crippen LogP contribution < -0.4 is 5.30 Å². The maximum Gasteiger partial charge on any atom is 0.123 e. The van der Waals surface area contributed by atoms with Crippen LogP contribution in [0.5, 0.6) is 5.75 Å².